The second-order valence-corrected chi connectivity index (χ2v) is 5.24. The number of thiophene rings is 1. The molecule has 15 heavy (non-hydrogen) atoms. The van der Waals surface area contributed by atoms with E-state index in [2.05, 4.69) is 40.8 Å². The van der Waals surface area contributed by atoms with Gasteiger partial charge in [-0.3, -0.25) is 0 Å². The number of benzene rings is 1. The van der Waals surface area contributed by atoms with Crippen molar-refractivity contribution in [3.63, 3.8) is 0 Å². The summed E-state index contributed by atoms with van der Waals surface area (Å²) >= 11 is 5.20. The summed E-state index contributed by atoms with van der Waals surface area (Å²) in [4.78, 5) is 2.37. The van der Waals surface area contributed by atoms with Crippen molar-refractivity contribution in [1.82, 2.24) is 0 Å². The highest BCUT2D eigenvalue weighted by atomic mass is 79.9. The molecule has 0 spiro atoms. The van der Waals surface area contributed by atoms with Crippen molar-refractivity contribution in [2.45, 2.75) is 6.92 Å². The second kappa shape index (κ2) is 4.65. The molecule has 2 aromatic rings. The summed E-state index contributed by atoms with van der Waals surface area (Å²) in [6.07, 6.45) is 0. The smallest absolute Gasteiger partial charge is 0.0786 e. The Kier molecular flexibility index (Phi) is 3.25. The van der Waals surface area contributed by atoms with Crippen LogP contribution < -0.4 is 0 Å². The lowest BCUT2D eigenvalue weighted by molar-refractivity contribution is 1.59. The van der Waals surface area contributed by atoms with Crippen molar-refractivity contribution < 1.29 is 0 Å². The summed E-state index contributed by atoms with van der Waals surface area (Å²) in [5, 5.41) is 0. The van der Waals surface area contributed by atoms with Crippen LogP contribution in [-0.2, 0) is 0 Å². The molecule has 1 aromatic carbocycles. The number of hydrogen-bond donors (Lipinski definition) is 0. The van der Waals surface area contributed by atoms with Gasteiger partial charge >= 0.3 is 0 Å². The van der Waals surface area contributed by atoms with E-state index in [0.717, 1.165) is 14.9 Å². The highest BCUT2D eigenvalue weighted by Gasteiger charge is 1.98. The first-order valence-corrected chi connectivity index (χ1v) is 6.19. The first kappa shape index (κ1) is 10.5. The Morgan fingerprint density at radius 2 is 1.87 bits per heavy atom. The summed E-state index contributed by atoms with van der Waals surface area (Å²) in [6, 6.07) is 12.1. The molecule has 2 heteroatoms. The minimum atomic E-state index is 1.06. The third-order valence-electron chi connectivity index (χ3n) is 1.96. The van der Waals surface area contributed by atoms with Gasteiger partial charge in [-0.25, -0.2) is 0 Å². The van der Waals surface area contributed by atoms with Gasteiger partial charge in [-0.15, -0.1) is 11.3 Å². The van der Waals surface area contributed by atoms with Crippen LogP contribution >= 0.6 is 27.3 Å². The van der Waals surface area contributed by atoms with Gasteiger partial charge < -0.3 is 0 Å². The molecule has 1 aromatic heterocycles. The van der Waals surface area contributed by atoms with E-state index in [0.29, 0.717) is 0 Å². The van der Waals surface area contributed by atoms with Crippen molar-refractivity contribution in [1.29, 1.82) is 0 Å². The highest BCUT2D eigenvalue weighted by Crippen LogP contribution is 2.25. The van der Waals surface area contributed by atoms with E-state index < -0.39 is 0 Å². The molecule has 0 nitrogen and oxygen atoms in total. The monoisotopic (exact) mass is 276 g/mol. The molecule has 0 saturated carbocycles. The molecule has 0 aliphatic rings. The number of halogens is 1. The number of aryl methyl sites for hydroxylation is 1. The predicted octanol–water partition coefficient (Wildman–Crippen LogP) is 4.22. The van der Waals surface area contributed by atoms with Crippen molar-refractivity contribution in [2.75, 3.05) is 0 Å². The van der Waals surface area contributed by atoms with Crippen LogP contribution in [0.1, 0.15) is 15.3 Å². The zero-order chi connectivity index (χ0) is 10.7. The van der Waals surface area contributed by atoms with Crippen molar-refractivity contribution in [3.05, 3.63) is 56.2 Å². The highest BCUT2D eigenvalue weighted by molar-refractivity contribution is 9.10. The first-order chi connectivity index (χ1) is 7.25. The number of rotatable bonds is 0. The summed E-state index contributed by atoms with van der Waals surface area (Å²) < 4.78 is 1.14. The molecule has 2 rings (SSSR count). The summed E-state index contributed by atoms with van der Waals surface area (Å²) in [5.41, 5.74) is 1.06. The van der Waals surface area contributed by atoms with E-state index in [9.17, 15) is 0 Å². The summed E-state index contributed by atoms with van der Waals surface area (Å²) in [7, 11) is 0. The topological polar surface area (TPSA) is 0 Å². The van der Waals surface area contributed by atoms with E-state index in [1.54, 1.807) is 11.3 Å². The lowest BCUT2D eigenvalue weighted by Gasteiger charge is -1.85. The molecule has 0 aliphatic carbocycles. The van der Waals surface area contributed by atoms with Gasteiger partial charge in [0.15, 0.2) is 0 Å². The van der Waals surface area contributed by atoms with E-state index in [-0.39, 0.29) is 0 Å². The standard InChI is InChI=1S/C13H9BrS/c1-10-13(14)9-12(15-10)8-7-11-5-3-2-4-6-11/h2-6,9H,1H3. The molecular weight excluding hydrogens is 268 g/mol. The largest absolute Gasteiger partial charge is 0.131 e. The van der Waals surface area contributed by atoms with Crippen LogP contribution in [0.2, 0.25) is 0 Å². The Hall–Kier alpha value is -1.04. The maximum absolute atomic E-state index is 3.48. The summed E-state index contributed by atoms with van der Waals surface area (Å²) in [5.74, 6) is 6.30. The Morgan fingerprint density at radius 1 is 1.13 bits per heavy atom. The normalized spacial score (nSPS) is 9.47. The first-order valence-electron chi connectivity index (χ1n) is 4.59. The van der Waals surface area contributed by atoms with Crippen LogP contribution in [0.4, 0.5) is 0 Å². The average Bonchev–Trinajstić information content (AvgIpc) is 2.57. The lowest BCUT2D eigenvalue weighted by Crippen LogP contribution is -1.70. The quantitative estimate of drug-likeness (QED) is 0.632. The van der Waals surface area contributed by atoms with Gasteiger partial charge in [0.25, 0.3) is 0 Å². The van der Waals surface area contributed by atoms with Gasteiger partial charge in [-0.2, -0.15) is 0 Å². The van der Waals surface area contributed by atoms with Gasteiger partial charge in [0.1, 0.15) is 0 Å². The van der Waals surface area contributed by atoms with Crippen molar-refractivity contribution in [3.8, 4) is 11.8 Å². The molecule has 1 heterocycles. The van der Waals surface area contributed by atoms with Gasteiger partial charge in [0, 0.05) is 14.9 Å². The summed E-state index contributed by atoms with van der Waals surface area (Å²) in [6.45, 7) is 2.09. The fraction of sp³-hybridized carbons (Fsp3) is 0.0769. The third-order valence-corrected chi connectivity index (χ3v) is 4.01. The molecule has 0 bridgehead atoms. The Labute approximate surface area is 102 Å². The van der Waals surface area contributed by atoms with Crippen LogP contribution in [0.15, 0.2) is 40.9 Å². The molecule has 0 N–H and O–H groups in total. The predicted molar refractivity (Wildman–Crippen MR) is 69.2 cm³/mol. The average molecular weight is 277 g/mol. The van der Waals surface area contributed by atoms with E-state index in [1.807, 2.05) is 30.3 Å². The zero-order valence-electron chi connectivity index (χ0n) is 8.25. The Morgan fingerprint density at radius 3 is 2.47 bits per heavy atom. The molecule has 0 saturated heterocycles. The van der Waals surface area contributed by atoms with Crippen LogP contribution in [0.5, 0.6) is 0 Å². The maximum Gasteiger partial charge on any atom is 0.0786 e. The van der Waals surface area contributed by atoms with Crippen LogP contribution in [-0.4, -0.2) is 0 Å². The molecular formula is C13H9BrS. The minimum absolute atomic E-state index is 1.06. The molecule has 0 aliphatic heterocycles. The van der Waals surface area contributed by atoms with Crippen LogP contribution in [0.25, 0.3) is 0 Å². The van der Waals surface area contributed by atoms with Crippen LogP contribution in [0.3, 0.4) is 0 Å². The molecule has 0 fully saturated rings. The molecule has 0 atom stereocenters. The third kappa shape index (κ3) is 2.71. The van der Waals surface area contributed by atoms with E-state index >= 15 is 0 Å². The molecule has 0 unspecified atom stereocenters. The van der Waals surface area contributed by atoms with Crippen molar-refractivity contribution >= 4 is 27.3 Å². The van der Waals surface area contributed by atoms with Gasteiger partial charge in [0.05, 0.1) is 4.88 Å². The number of hydrogen-bond acceptors (Lipinski definition) is 1. The molecule has 74 valence electrons. The molecule has 0 amide bonds. The minimum Gasteiger partial charge on any atom is -0.131 e. The fourth-order valence-electron chi connectivity index (χ4n) is 1.18. The maximum atomic E-state index is 3.48. The zero-order valence-corrected chi connectivity index (χ0v) is 10.7. The van der Waals surface area contributed by atoms with Gasteiger partial charge in [-0.1, -0.05) is 30.0 Å². The van der Waals surface area contributed by atoms with Gasteiger partial charge in [-0.05, 0) is 41.1 Å². The molecule has 0 radical (unpaired) electrons. The van der Waals surface area contributed by atoms with Crippen molar-refractivity contribution in [2.24, 2.45) is 0 Å². The Bertz CT molecular complexity index is 495. The van der Waals surface area contributed by atoms with Gasteiger partial charge in [0.2, 0.25) is 0 Å². The lowest BCUT2D eigenvalue weighted by atomic mass is 10.2. The second-order valence-electron chi connectivity index (χ2n) is 3.13. The van der Waals surface area contributed by atoms with E-state index in [4.69, 9.17) is 0 Å². The van der Waals surface area contributed by atoms with E-state index in [1.165, 1.54) is 4.88 Å². The van der Waals surface area contributed by atoms with Crippen LogP contribution in [0, 0.1) is 18.8 Å². The fourth-order valence-corrected chi connectivity index (χ4v) is 2.57. The SMILES string of the molecule is Cc1sc(C#Cc2ccccc2)cc1Br. The Balaban J connectivity index is 2.26.